The quantitative estimate of drug-likeness (QED) is 0.665. The Hall–Kier alpha value is -1.62. The number of piperazine rings is 1. The van der Waals surface area contributed by atoms with Gasteiger partial charge in [-0.25, -0.2) is 8.42 Å². The first-order valence-corrected chi connectivity index (χ1v) is 11.2. The van der Waals surface area contributed by atoms with E-state index in [0.717, 1.165) is 3.79 Å². The van der Waals surface area contributed by atoms with E-state index < -0.39 is 10.0 Å². The topological polar surface area (TPSA) is 76.2 Å². The third-order valence-corrected chi connectivity index (χ3v) is 7.81. The Labute approximate surface area is 170 Å². The van der Waals surface area contributed by atoms with Gasteiger partial charge in [0.1, 0.15) is 0 Å². The zero-order chi connectivity index (χ0) is 19.6. The lowest BCUT2D eigenvalue weighted by molar-refractivity contribution is 0.0703. The summed E-state index contributed by atoms with van der Waals surface area (Å²) in [6, 6.07) is 8.12. The molecule has 1 saturated heterocycles. The second kappa shape index (κ2) is 8.17. The predicted octanol–water partition coefficient (Wildman–Crippen LogP) is 2.67. The third kappa shape index (κ3) is 4.13. The summed E-state index contributed by atoms with van der Waals surface area (Å²) in [5.74, 6) is 0.749. The lowest BCUT2D eigenvalue weighted by atomic mass is 10.3. The number of hydrogen-bond donors (Lipinski definition) is 0. The Kier molecular flexibility index (Phi) is 6.09. The average molecular weight is 475 g/mol. The maximum Gasteiger partial charge on any atom is 0.264 e. The molecule has 0 spiro atoms. The standard InChI is InChI=1S/C17H19BrN2O5S2/c1-24-13-4-3-12(11-14(13)25-2)27(22,23)20-9-7-19(8-10-20)17(21)15-5-6-16(18)26-15/h3-6,11H,7-10H2,1-2H3. The molecule has 1 fully saturated rings. The highest BCUT2D eigenvalue weighted by atomic mass is 79.9. The Balaban J connectivity index is 1.72. The number of nitrogens with zero attached hydrogens (tertiary/aromatic N) is 2. The highest BCUT2D eigenvalue weighted by molar-refractivity contribution is 9.11. The van der Waals surface area contributed by atoms with Crippen molar-refractivity contribution in [2.75, 3.05) is 40.4 Å². The number of carbonyl (C=O) groups is 1. The number of sulfonamides is 1. The van der Waals surface area contributed by atoms with Crippen molar-refractivity contribution in [3.63, 3.8) is 0 Å². The van der Waals surface area contributed by atoms with E-state index in [1.54, 1.807) is 17.0 Å². The monoisotopic (exact) mass is 474 g/mol. The van der Waals surface area contributed by atoms with Gasteiger partial charge in [-0.3, -0.25) is 4.79 Å². The second-order valence-corrected chi connectivity index (χ2v) is 10.2. The molecule has 1 aliphatic rings. The number of ether oxygens (including phenoxy) is 2. The van der Waals surface area contributed by atoms with Gasteiger partial charge in [-0.2, -0.15) is 4.31 Å². The van der Waals surface area contributed by atoms with Crippen LogP contribution in [0.25, 0.3) is 0 Å². The molecule has 2 heterocycles. The Morgan fingerprint density at radius 1 is 1.04 bits per heavy atom. The molecular formula is C17H19BrN2O5S2. The SMILES string of the molecule is COc1ccc(S(=O)(=O)N2CCN(C(=O)c3ccc(Br)s3)CC2)cc1OC. The molecule has 0 saturated carbocycles. The van der Waals surface area contributed by atoms with Gasteiger partial charge in [0.25, 0.3) is 5.91 Å². The first kappa shape index (κ1) is 20.1. The van der Waals surface area contributed by atoms with E-state index >= 15 is 0 Å². The Morgan fingerprint density at radius 2 is 1.70 bits per heavy atom. The highest BCUT2D eigenvalue weighted by Gasteiger charge is 2.31. The summed E-state index contributed by atoms with van der Waals surface area (Å²) in [7, 11) is -0.720. The molecule has 10 heteroatoms. The summed E-state index contributed by atoms with van der Waals surface area (Å²) in [6.45, 7) is 1.19. The van der Waals surface area contributed by atoms with Crippen LogP contribution < -0.4 is 9.47 Å². The van der Waals surface area contributed by atoms with Crippen molar-refractivity contribution in [1.82, 2.24) is 9.21 Å². The summed E-state index contributed by atoms with van der Waals surface area (Å²) in [5, 5.41) is 0. The molecule has 27 heavy (non-hydrogen) atoms. The minimum atomic E-state index is -3.67. The second-order valence-electron chi connectivity index (χ2n) is 5.82. The summed E-state index contributed by atoms with van der Waals surface area (Å²) in [5.41, 5.74) is 0. The van der Waals surface area contributed by atoms with Gasteiger partial charge < -0.3 is 14.4 Å². The molecule has 0 aliphatic carbocycles. The Bertz CT molecular complexity index is 937. The number of benzene rings is 1. The van der Waals surface area contributed by atoms with E-state index in [4.69, 9.17) is 9.47 Å². The van der Waals surface area contributed by atoms with Crippen molar-refractivity contribution < 1.29 is 22.7 Å². The smallest absolute Gasteiger partial charge is 0.264 e. The Morgan fingerprint density at radius 3 is 2.26 bits per heavy atom. The van der Waals surface area contributed by atoms with E-state index in [1.807, 2.05) is 6.07 Å². The minimum Gasteiger partial charge on any atom is -0.493 e. The van der Waals surface area contributed by atoms with E-state index in [1.165, 1.54) is 42.0 Å². The molecule has 0 N–H and O–H groups in total. The van der Waals surface area contributed by atoms with Crippen molar-refractivity contribution in [3.8, 4) is 11.5 Å². The number of amides is 1. The number of thiophene rings is 1. The fourth-order valence-corrected chi connectivity index (χ4v) is 5.63. The van der Waals surface area contributed by atoms with Crippen LogP contribution >= 0.6 is 27.3 Å². The van der Waals surface area contributed by atoms with Crippen molar-refractivity contribution in [3.05, 3.63) is 39.0 Å². The van der Waals surface area contributed by atoms with Crippen molar-refractivity contribution >= 4 is 43.2 Å². The first-order valence-electron chi connectivity index (χ1n) is 8.13. The molecule has 7 nitrogen and oxygen atoms in total. The van der Waals surface area contributed by atoms with E-state index in [9.17, 15) is 13.2 Å². The van der Waals surface area contributed by atoms with Gasteiger partial charge in [0.05, 0.1) is 27.8 Å². The molecule has 0 atom stereocenters. The first-order chi connectivity index (χ1) is 12.9. The van der Waals surface area contributed by atoms with Crippen LogP contribution in [0.1, 0.15) is 9.67 Å². The summed E-state index contributed by atoms with van der Waals surface area (Å²) in [6.07, 6.45) is 0. The molecule has 0 radical (unpaired) electrons. The van der Waals surface area contributed by atoms with Crippen molar-refractivity contribution in [2.24, 2.45) is 0 Å². The van der Waals surface area contributed by atoms with Gasteiger partial charge in [-0.05, 0) is 40.2 Å². The zero-order valence-corrected chi connectivity index (χ0v) is 18.1. The van der Waals surface area contributed by atoms with Crippen LogP contribution in [0.15, 0.2) is 39.0 Å². The molecule has 1 aliphatic heterocycles. The van der Waals surface area contributed by atoms with E-state index in [2.05, 4.69) is 15.9 Å². The molecule has 0 unspecified atom stereocenters. The van der Waals surface area contributed by atoms with Crippen molar-refractivity contribution in [1.29, 1.82) is 0 Å². The average Bonchev–Trinajstić information content (AvgIpc) is 3.13. The van der Waals surface area contributed by atoms with Gasteiger partial charge >= 0.3 is 0 Å². The van der Waals surface area contributed by atoms with Gasteiger partial charge in [0.15, 0.2) is 11.5 Å². The molecular weight excluding hydrogens is 456 g/mol. The van der Waals surface area contributed by atoms with Gasteiger partial charge in [0.2, 0.25) is 10.0 Å². The van der Waals surface area contributed by atoms with Gasteiger partial charge in [-0.15, -0.1) is 11.3 Å². The van der Waals surface area contributed by atoms with Gasteiger partial charge in [0, 0.05) is 32.2 Å². The van der Waals surface area contributed by atoms with Crippen LogP contribution in [0.3, 0.4) is 0 Å². The normalized spacial score (nSPS) is 15.6. The number of rotatable bonds is 5. The number of methoxy groups -OCH3 is 2. The lowest BCUT2D eigenvalue weighted by Gasteiger charge is -2.33. The maximum absolute atomic E-state index is 12.9. The van der Waals surface area contributed by atoms with Crippen molar-refractivity contribution in [2.45, 2.75) is 4.90 Å². The fourth-order valence-electron chi connectivity index (χ4n) is 2.84. The van der Waals surface area contributed by atoms with Crippen LogP contribution in [0.2, 0.25) is 0 Å². The maximum atomic E-state index is 12.9. The third-order valence-electron chi connectivity index (χ3n) is 4.30. The molecule has 3 rings (SSSR count). The van der Waals surface area contributed by atoms with Crippen LogP contribution in [-0.2, 0) is 10.0 Å². The molecule has 1 amide bonds. The predicted molar refractivity (Wildman–Crippen MR) is 106 cm³/mol. The van der Waals surface area contributed by atoms with Crippen LogP contribution in [0.4, 0.5) is 0 Å². The summed E-state index contributed by atoms with van der Waals surface area (Å²) in [4.78, 5) is 15.0. The minimum absolute atomic E-state index is 0.0751. The molecule has 2 aromatic rings. The highest BCUT2D eigenvalue weighted by Crippen LogP contribution is 2.31. The van der Waals surface area contributed by atoms with Crippen LogP contribution in [-0.4, -0.2) is 63.9 Å². The molecule has 0 bridgehead atoms. The van der Waals surface area contributed by atoms with Crippen LogP contribution in [0.5, 0.6) is 11.5 Å². The fraction of sp³-hybridized carbons (Fsp3) is 0.353. The number of carbonyl (C=O) groups excluding carboxylic acids is 1. The number of hydrogen-bond acceptors (Lipinski definition) is 6. The molecule has 1 aromatic carbocycles. The van der Waals surface area contributed by atoms with Gasteiger partial charge in [-0.1, -0.05) is 0 Å². The largest absolute Gasteiger partial charge is 0.493 e. The summed E-state index contributed by atoms with van der Waals surface area (Å²) >= 11 is 4.72. The van der Waals surface area contributed by atoms with E-state index in [-0.39, 0.29) is 23.9 Å². The van der Waals surface area contributed by atoms with Crippen LogP contribution in [0, 0.1) is 0 Å². The molecule has 146 valence electrons. The summed E-state index contributed by atoms with van der Waals surface area (Å²) < 4.78 is 38.5. The van der Waals surface area contributed by atoms with E-state index in [0.29, 0.717) is 29.5 Å². The lowest BCUT2D eigenvalue weighted by Crippen LogP contribution is -2.50. The number of halogens is 1. The molecule has 1 aromatic heterocycles. The zero-order valence-electron chi connectivity index (χ0n) is 14.8.